The number of halogens is 3. The summed E-state index contributed by atoms with van der Waals surface area (Å²) in [4.78, 5) is 17.8. The monoisotopic (exact) mass is 374 g/mol. The Bertz CT molecular complexity index is 730. The molecule has 1 saturated heterocycles. The summed E-state index contributed by atoms with van der Waals surface area (Å²) in [6.45, 7) is 3.92. The predicted octanol–water partition coefficient (Wildman–Crippen LogP) is 1.53. The lowest BCUT2D eigenvalue weighted by atomic mass is 10.3. The van der Waals surface area contributed by atoms with Gasteiger partial charge in [-0.1, -0.05) is 0 Å². The third-order valence-corrected chi connectivity index (χ3v) is 4.01. The summed E-state index contributed by atoms with van der Waals surface area (Å²) in [5, 5.41) is 0. The van der Waals surface area contributed by atoms with E-state index in [1.165, 1.54) is 0 Å². The third-order valence-electron chi connectivity index (χ3n) is 4.01. The maximum Gasteiger partial charge on any atom is 0.389 e. The molecule has 0 aromatic carbocycles. The van der Waals surface area contributed by atoms with Crippen LogP contribution in [-0.2, 0) is 11.2 Å². The summed E-state index contributed by atoms with van der Waals surface area (Å²) < 4.78 is 46.9. The zero-order valence-electron chi connectivity index (χ0n) is 14.2. The van der Waals surface area contributed by atoms with Gasteiger partial charge >= 0.3 is 12.2 Å². The number of fused-ring (bicyclic) bond motifs is 1. The lowest BCUT2D eigenvalue weighted by Gasteiger charge is -2.25. The molecule has 0 bridgehead atoms. The molecule has 8 nitrogen and oxygen atoms in total. The van der Waals surface area contributed by atoms with E-state index in [0.717, 1.165) is 38.7 Å². The fourth-order valence-corrected chi connectivity index (χ4v) is 2.65. The van der Waals surface area contributed by atoms with Crippen LogP contribution in [0.5, 0.6) is 6.01 Å². The van der Waals surface area contributed by atoms with Gasteiger partial charge in [0.1, 0.15) is 11.3 Å². The van der Waals surface area contributed by atoms with Gasteiger partial charge < -0.3 is 20.2 Å². The van der Waals surface area contributed by atoms with E-state index in [1.54, 1.807) is 0 Å². The molecule has 3 heterocycles. The largest absolute Gasteiger partial charge is 0.463 e. The molecule has 1 aliphatic rings. The highest BCUT2D eigenvalue weighted by atomic mass is 19.4. The quantitative estimate of drug-likeness (QED) is 0.709. The van der Waals surface area contributed by atoms with E-state index >= 15 is 0 Å². The second kappa shape index (κ2) is 8.04. The lowest BCUT2D eigenvalue weighted by Crippen LogP contribution is -2.37. The van der Waals surface area contributed by atoms with Crippen molar-refractivity contribution in [2.75, 3.05) is 45.2 Å². The average molecular weight is 374 g/mol. The highest BCUT2D eigenvalue weighted by Gasteiger charge is 2.26. The fourth-order valence-electron chi connectivity index (χ4n) is 2.65. The minimum absolute atomic E-state index is 0.0663. The molecule has 3 rings (SSSR count). The van der Waals surface area contributed by atoms with Crippen LogP contribution in [0.3, 0.4) is 0 Å². The van der Waals surface area contributed by atoms with E-state index < -0.39 is 12.6 Å². The highest BCUT2D eigenvalue weighted by molar-refractivity contribution is 5.81. The number of alkyl halides is 3. The van der Waals surface area contributed by atoms with Crippen LogP contribution < -0.4 is 10.5 Å². The van der Waals surface area contributed by atoms with Gasteiger partial charge in [-0.25, -0.2) is 4.98 Å². The van der Waals surface area contributed by atoms with E-state index in [2.05, 4.69) is 24.8 Å². The Hall–Kier alpha value is -2.14. The molecule has 2 aromatic rings. The zero-order valence-corrected chi connectivity index (χ0v) is 14.2. The molecule has 2 aromatic heterocycles. The van der Waals surface area contributed by atoms with E-state index in [-0.39, 0.29) is 24.9 Å². The van der Waals surface area contributed by atoms with Gasteiger partial charge in [0.2, 0.25) is 0 Å². The molecule has 0 radical (unpaired) electrons. The highest BCUT2D eigenvalue weighted by Crippen LogP contribution is 2.22. The second-order valence-electron chi connectivity index (χ2n) is 6.04. The van der Waals surface area contributed by atoms with Gasteiger partial charge in [0.25, 0.3) is 0 Å². The van der Waals surface area contributed by atoms with Gasteiger partial charge in [-0.05, 0) is 6.42 Å². The Morgan fingerprint density at radius 1 is 1.19 bits per heavy atom. The average Bonchev–Trinajstić information content (AvgIpc) is 3.01. The van der Waals surface area contributed by atoms with Gasteiger partial charge in [0.15, 0.2) is 11.5 Å². The van der Waals surface area contributed by atoms with Crippen molar-refractivity contribution in [1.29, 1.82) is 0 Å². The Balaban J connectivity index is 1.58. The number of morpholine rings is 1. The number of nitrogens with zero attached hydrogens (tertiary/aromatic N) is 4. The number of nitrogens with one attached hydrogen (secondary N) is 1. The number of hydrogen-bond acceptors (Lipinski definition) is 7. The molecule has 144 valence electrons. The molecule has 0 aliphatic carbocycles. The van der Waals surface area contributed by atoms with Crippen LogP contribution in [0.15, 0.2) is 0 Å². The molecule has 0 spiro atoms. The topological polar surface area (TPSA) is 102 Å². The number of H-pyrrole nitrogens is 1. The van der Waals surface area contributed by atoms with Gasteiger partial charge in [-0.3, -0.25) is 4.90 Å². The second-order valence-corrected chi connectivity index (χ2v) is 6.04. The Morgan fingerprint density at radius 2 is 1.96 bits per heavy atom. The van der Waals surface area contributed by atoms with Crippen molar-refractivity contribution in [1.82, 2.24) is 24.8 Å². The maximum absolute atomic E-state index is 12.1. The smallest absolute Gasteiger partial charge is 0.389 e. The number of ether oxygens (including phenoxy) is 2. The van der Waals surface area contributed by atoms with Crippen LogP contribution in [0.2, 0.25) is 0 Å². The van der Waals surface area contributed by atoms with Gasteiger partial charge in [-0.15, -0.1) is 0 Å². The number of nitrogens with two attached hydrogens (primary N) is 1. The van der Waals surface area contributed by atoms with Crippen LogP contribution in [0.25, 0.3) is 11.2 Å². The van der Waals surface area contributed by atoms with Gasteiger partial charge in [-0.2, -0.15) is 23.1 Å². The fraction of sp³-hybridized carbons (Fsp3) is 0.667. The molecule has 11 heteroatoms. The number of imidazole rings is 1. The summed E-state index contributed by atoms with van der Waals surface area (Å²) in [6.07, 6.45) is -4.60. The first-order valence-corrected chi connectivity index (χ1v) is 8.42. The first-order valence-electron chi connectivity index (χ1n) is 8.42. The van der Waals surface area contributed by atoms with Crippen molar-refractivity contribution in [3.05, 3.63) is 5.82 Å². The summed E-state index contributed by atoms with van der Waals surface area (Å²) in [6, 6.07) is -0.0663. The van der Waals surface area contributed by atoms with Crippen LogP contribution in [0.1, 0.15) is 18.7 Å². The van der Waals surface area contributed by atoms with Crippen molar-refractivity contribution in [2.24, 2.45) is 0 Å². The summed E-state index contributed by atoms with van der Waals surface area (Å²) >= 11 is 0. The Kier molecular flexibility index (Phi) is 5.77. The summed E-state index contributed by atoms with van der Waals surface area (Å²) in [5.74, 6) is 0.882. The van der Waals surface area contributed by atoms with Crippen LogP contribution in [-0.4, -0.2) is 70.5 Å². The SMILES string of the molecule is Nc1nc(OCCCC(F)(F)F)nc2nc(CCN3CCOCC3)[nH]c12. The number of nitrogen functional groups attached to an aromatic ring is 1. The molecule has 0 unspecified atom stereocenters. The lowest BCUT2D eigenvalue weighted by molar-refractivity contribution is -0.136. The van der Waals surface area contributed by atoms with Crippen molar-refractivity contribution >= 4 is 17.0 Å². The van der Waals surface area contributed by atoms with Crippen LogP contribution in [0, 0.1) is 0 Å². The molecule has 3 N–H and O–H groups in total. The van der Waals surface area contributed by atoms with E-state index in [0.29, 0.717) is 17.6 Å². The first-order chi connectivity index (χ1) is 12.4. The van der Waals surface area contributed by atoms with E-state index in [4.69, 9.17) is 15.2 Å². The van der Waals surface area contributed by atoms with E-state index in [1.807, 2.05) is 0 Å². The minimum Gasteiger partial charge on any atom is -0.463 e. The van der Waals surface area contributed by atoms with Crippen molar-refractivity contribution in [3.8, 4) is 6.01 Å². The van der Waals surface area contributed by atoms with Gasteiger partial charge in [0, 0.05) is 32.5 Å². The standard InChI is InChI=1S/C15H21F3N6O2/c16-15(17,18)3-1-7-26-14-22-12(19)11-13(23-14)21-10(20-11)2-4-24-5-8-25-9-6-24/h1-9H2,(H3,19,20,21,22,23). The minimum atomic E-state index is -4.20. The van der Waals surface area contributed by atoms with Crippen LogP contribution >= 0.6 is 0 Å². The molecule has 1 fully saturated rings. The Labute approximate surface area is 147 Å². The summed E-state index contributed by atoms with van der Waals surface area (Å²) in [7, 11) is 0. The number of aromatic amines is 1. The maximum atomic E-state index is 12.1. The molecular formula is C15H21F3N6O2. The number of hydrogen-bond donors (Lipinski definition) is 2. The molecular weight excluding hydrogens is 353 g/mol. The molecule has 1 aliphatic heterocycles. The molecule has 26 heavy (non-hydrogen) atoms. The van der Waals surface area contributed by atoms with Crippen molar-refractivity contribution in [3.63, 3.8) is 0 Å². The van der Waals surface area contributed by atoms with Crippen molar-refractivity contribution in [2.45, 2.75) is 25.4 Å². The molecule has 0 atom stereocenters. The predicted molar refractivity (Wildman–Crippen MR) is 87.8 cm³/mol. The van der Waals surface area contributed by atoms with Crippen LogP contribution in [0.4, 0.5) is 19.0 Å². The number of rotatable bonds is 7. The van der Waals surface area contributed by atoms with Gasteiger partial charge in [0.05, 0.1) is 19.8 Å². The first kappa shape index (κ1) is 18.6. The number of anilines is 1. The molecule has 0 saturated carbocycles. The Morgan fingerprint density at radius 3 is 2.69 bits per heavy atom. The number of aromatic nitrogens is 4. The van der Waals surface area contributed by atoms with Crippen molar-refractivity contribution < 1.29 is 22.6 Å². The summed E-state index contributed by atoms with van der Waals surface area (Å²) in [5.41, 5.74) is 6.73. The zero-order chi connectivity index (χ0) is 18.6. The molecule has 0 amide bonds. The third kappa shape index (κ3) is 5.18. The normalized spacial score (nSPS) is 16.3. The van der Waals surface area contributed by atoms with E-state index in [9.17, 15) is 13.2 Å².